The van der Waals surface area contributed by atoms with Gasteiger partial charge in [0.1, 0.15) is 0 Å². The molecule has 0 bridgehead atoms. The van der Waals surface area contributed by atoms with Crippen LogP contribution in [0.4, 0.5) is 5.95 Å². The van der Waals surface area contributed by atoms with Crippen molar-refractivity contribution in [3.05, 3.63) is 84.6 Å². The predicted octanol–water partition coefficient (Wildman–Crippen LogP) is 4.94. The first kappa shape index (κ1) is 22.5. The standard InChI is InChI=1S/C27H28N4O2S/c1-20-8-12-25(13-9-20)34(32,33)30-24-7-4-17-31(18-15-24)27-28-16-14-26(29-27)23-11-10-21-5-2-3-6-22(21)19-23/h2-3,5-6,8-14,16,19,24,30H,4,7,15,17-18H2,1H3. The zero-order valence-electron chi connectivity index (χ0n) is 19.2. The number of hydrogen-bond donors (Lipinski definition) is 1. The zero-order valence-corrected chi connectivity index (χ0v) is 20.0. The molecule has 5 rings (SSSR count). The Kier molecular flexibility index (Phi) is 6.30. The summed E-state index contributed by atoms with van der Waals surface area (Å²) in [5.74, 6) is 0.688. The van der Waals surface area contributed by atoms with Crippen LogP contribution in [0.15, 0.2) is 83.9 Å². The highest BCUT2D eigenvalue weighted by Crippen LogP contribution is 2.25. The Bertz CT molecular complexity index is 1400. The summed E-state index contributed by atoms with van der Waals surface area (Å²) >= 11 is 0. The number of aromatic nitrogens is 2. The van der Waals surface area contributed by atoms with Crippen LogP contribution in [0.5, 0.6) is 0 Å². The molecule has 1 saturated heterocycles. The van der Waals surface area contributed by atoms with Gasteiger partial charge in [-0.1, -0.05) is 54.1 Å². The Balaban J connectivity index is 1.29. The quantitative estimate of drug-likeness (QED) is 0.445. The molecule has 2 heterocycles. The number of anilines is 1. The molecule has 6 nitrogen and oxygen atoms in total. The van der Waals surface area contributed by atoms with Crippen LogP contribution in [0.25, 0.3) is 22.0 Å². The molecule has 1 aliphatic heterocycles. The average Bonchev–Trinajstić information content (AvgIpc) is 3.09. The third-order valence-corrected chi connectivity index (χ3v) is 7.89. The lowest BCUT2D eigenvalue weighted by Gasteiger charge is -2.21. The van der Waals surface area contributed by atoms with Gasteiger partial charge in [0.05, 0.1) is 10.6 Å². The third-order valence-electron chi connectivity index (χ3n) is 6.35. The molecule has 0 radical (unpaired) electrons. The normalized spacial score (nSPS) is 17.0. The van der Waals surface area contributed by atoms with E-state index in [1.165, 1.54) is 10.8 Å². The number of sulfonamides is 1. The van der Waals surface area contributed by atoms with Crippen LogP contribution >= 0.6 is 0 Å². The summed E-state index contributed by atoms with van der Waals surface area (Å²) in [5.41, 5.74) is 2.98. The molecule has 174 valence electrons. The van der Waals surface area contributed by atoms with Crippen LogP contribution in [-0.2, 0) is 10.0 Å². The average molecular weight is 473 g/mol. The van der Waals surface area contributed by atoms with Crippen LogP contribution in [0, 0.1) is 6.92 Å². The molecule has 0 saturated carbocycles. The second-order valence-corrected chi connectivity index (χ2v) is 10.6. The molecular formula is C27H28N4O2S. The molecule has 1 unspecified atom stereocenters. The Labute approximate surface area is 200 Å². The molecule has 7 heteroatoms. The van der Waals surface area contributed by atoms with Crippen molar-refractivity contribution in [2.24, 2.45) is 0 Å². The molecule has 4 aromatic rings. The topological polar surface area (TPSA) is 75.2 Å². The van der Waals surface area contributed by atoms with E-state index in [-0.39, 0.29) is 6.04 Å². The third kappa shape index (κ3) is 4.95. The molecule has 1 aromatic heterocycles. The first-order valence-corrected chi connectivity index (χ1v) is 13.1. The molecule has 1 atom stereocenters. The minimum absolute atomic E-state index is 0.111. The maximum atomic E-state index is 12.8. The molecule has 0 aliphatic carbocycles. The Morgan fingerprint density at radius 1 is 0.912 bits per heavy atom. The van der Waals surface area contributed by atoms with Gasteiger partial charge in [0.2, 0.25) is 16.0 Å². The van der Waals surface area contributed by atoms with Gasteiger partial charge < -0.3 is 4.90 Å². The lowest BCUT2D eigenvalue weighted by molar-refractivity contribution is 0.519. The predicted molar refractivity (Wildman–Crippen MR) is 136 cm³/mol. The van der Waals surface area contributed by atoms with Crippen molar-refractivity contribution in [2.75, 3.05) is 18.0 Å². The second-order valence-electron chi connectivity index (χ2n) is 8.85. The number of benzene rings is 3. The molecule has 1 fully saturated rings. The van der Waals surface area contributed by atoms with Gasteiger partial charge >= 0.3 is 0 Å². The van der Waals surface area contributed by atoms with Gasteiger partial charge in [-0.15, -0.1) is 0 Å². The van der Waals surface area contributed by atoms with Gasteiger partial charge in [-0.3, -0.25) is 0 Å². The van der Waals surface area contributed by atoms with Gasteiger partial charge in [-0.05, 0) is 61.2 Å². The van der Waals surface area contributed by atoms with Crippen molar-refractivity contribution in [3.8, 4) is 11.3 Å². The van der Waals surface area contributed by atoms with Gasteiger partial charge in [0, 0.05) is 30.9 Å². The number of nitrogens with one attached hydrogen (secondary N) is 1. The van der Waals surface area contributed by atoms with E-state index in [9.17, 15) is 8.42 Å². The van der Waals surface area contributed by atoms with Crippen LogP contribution in [0.1, 0.15) is 24.8 Å². The van der Waals surface area contributed by atoms with Gasteiger partial charge in [-0.25, -0.2) is 23.1 Å². The summed E-state index contributed by atoms with van der Waals surface area (Å²) in [6, 6.07) is 23.4. The maximum Gasteiger partial charge on any atom is 0.240 e. The van der Waals surface area contributed by atoms with Crippen molar-refractivity contribution in [3.63, 3.8) is 0 Å². The van der Waals surface area contributed by atoms with E-state index in [4.69, 9.17) is 4.98 Å². The Morgan fingerprint density at radius 3 is 2.53 bits per heavy atom. The van der Waals surface area contributed by atoms with Gasteiger partial charge in [0.15, 0.2) is 0 Å². The lowest BCUT2D eigenvalue weighted by Crippen LogP contribution is -2.36. The summed E-state index contributed by atoms with van der Waals surface area (Å²) in [5, 5.41) is 2.38. The van der Waals surface area contributed by atoms with E-state index < -0.39 is 10.0 Å². The fourth-order valence-corrected chi connectivity index (χ4v) is 5.73. The molecule has 0 spiro atoms. The SMILES string of the molecule is Cc1ccc(S(=O)(=O)NC2CCCN(c3nccc(-c4ccc5ccccc5c4)n3)CC2)cc1. The van der Waals surface area contributed by atoms with Crippen molar-refractivity contribution in [2.45, 2.75) is 37.1 Å². The van der Waals surface area contributed by atoms with Crippen LogP contribution in [-0.4, -0.2) is 37.5 Å². The highest BCUT2D eigenvalue weighted by Gasteiger charge is 2.24. The van der Waals surface area contributed by atoms with E-state index in [0.717, 1.165) is 36.2 Å². The Hall–Kier alpha value is -3.29. The van der Waals surface area contributed by atoms with E-state index in [1.54, 1.807) is 18.3 Å². The smallest absolute Gasteiger partial charge is 0.240 e. The number of rotatable bonds is 5. The first-order chi connectivity index (χ1) is 16.5. The maximum absolute atomic E-state index is 12.8. The highest BCUT2D eigenvalue weighted by atomic mass is 32.2. The van der Waals surface area contributed by atoms with E-state index in [0.29, 0.717) is 23.8 Å². The van der Waals surface area contributed by atoms with Crippen LogP contribution in [0.3, 0.4) is 0 Å². The first-order valence-electron chi connectivity index (χ1n) is 11.6. The number of hydrogen-bond acceptors (Lipinski definition) is 5. The molecule has 0 amide bonds. The number of aryl methyl sites for hydroxylation is 1. The minimum atomic E-state index is -3.54. The molecule has 3 aromatic carbocycles. The van der Waals surface area contributed by atoms with Crippen LogP contribution in [0.2, 0.25) is 0 Å². The molecular weight excluding hydrogens is 444 g/mol. The summed E-state index contributed by atoms with van der Waals surface area (Å²) in [6.07, 6.45) is 4.15. The van der Waals surface area contributed by atoms with Crippen molar-refractivity contribution in [1.82, 2.24) is 14.7 Å². The van der Waals surface area contributed by atoms with Crippen molar-refractivity contribution < 1.29 is 8.42 Å². The van der Waals surface area contributed by atoms with Crippen molar-refractivity contribution >= 4 is 26.7 Å². The van der Waals surface area contributed by atoms with Gasteiger partial charge in [-0.2, -0.15) is 0 Å². The van der Waals surface area contributed by atoms with Crippen molar-refractivity contribution in [1.29, 1.82) is 0 Å². The Morgan fingerprint density at radius 2 is 1.71 bits per heavy atom. The minimum Gasteiger partial charge on any atom is -0.341 e. The number of fused-ring (bicyclic) bond motifs is 1. The summed E-state index contributed by atoms with van der Waals surface area (Å²) in [4.78, 5) is 11.8. The monoisotopic (exact) mass is 472 g/mol. The molecule has 1 N–H and O–H groups in total. The summed E-state index contributed by atoms with van der Waals surface area (Å²) < 4.78 is 28.5. The molecule has 1 aliphatic rings. The fourth-order valence-electron chi connectivity index (χ4n) is 4.43. The molecule has 34 heavy (non-hydrogen) atoms. The number of nitrogens with zero attached hydrogens (tertiary/aromatic N) is 3. The lowest BCUT2D eigenvalue weighted by atomic mass is 10.1. The van der Waals surface area contributed by atoms with E-state index in [1.807, 2.05) is 37.3 Å². The van der Waals surface area contributed by atoms with E-state index in [2.05, 4.69) is 44.9 Å². The second kappa shape index (κ2) is 9.52. The largest absolute Gasteiger partial charge is 0.341 e. The summed E-state index contributed by atoms with van der Waals surface area (Å²) in [7, 11) is -3.54. The highest BCUT2D eigenvalue weighted by molar-refractivity contribution is 7.89. The van der Waals surface area contributed by atoms with E-state index >= 15 is 0 Å². The fraction of sp³-hybridized carbons (Fsp3) is 0.259. The summed E-state index contributed by atoms with van der Waals surface area (Å²) in [6.45, 7) is 3.44. The van der Waals surface area contributed by atoms with Crippen LogP contribution < -0.4 is 9.62 Å². The zero-order chi connectivity index (χ0) is 23.5. The van der Waals surface area contributed by atoms with Gasteiger partial charge in [0.25, 0.3) is 0 Å².